The molecule has 1 aromatic carbocycles. The molecule has 1 rings (SSSR count). The normalized spacial score (nSPS) is 12.9. The lowest BCUT2D eigenvalue weighted by Crippen LogP contribution is -2.47. The first-order valence-electron chi connectivity index (χ1n) is 11.9. The molecule has 0 saturated carbocycles. The highest BCUT2D eigenvalue weighted by Gasteiger charge is 2.20. The number of nitrogens with one attached hydrogen (secondary N) is 2. The van der Waals surface area contributed by atoms with Crippen LogP contribution in [0.25, 0.3) is 0 Å². The zero-order chi connectivity index (χ0) is 24.5. The van der Waals surface area contributed by atoms with Crippen LogP contribution in [0.4, 0.5) is 0 Å². The van der Waals surface area contributed by atoms with Crippen LogP contribution in [0.15, 0.2) is 34.5 Å². The number of nitrogens with two attached hydrogens (primary N) is 3. The smallest absolute Gasteiger partial charge is 0.242 e. The monoisotopic (exact) mass is 459 g/mol. The molecule has 1 unspecified atom stereocenters. The van der Waals surface area contributed by atoms with Crippen LogP contribution in [-0.2, 0) is 16.0 Å². The molecule has 0 bridgehead atoms. The maximum atomic E-state index is 12.6. The van der Waals surface area contributed by atoms with Crippen LogP contribution in [0.1, 0.15) is 76.3 Å². The van der Waals surface area contributed by atoms with Gasteiger partial charge in [0.2, 0.25) is 11.8 Å². The first-order chi connectivity index (χ1) is 15.9. The molecule has 0 saturated heterocycles. The number of hydrogen-bond donors (Lipinski definition) is 5. The summed E-state index contributed by atoms with van der Waals surface area (Å²) in [4.78, 5) is 25.2. The number of unbranched alkanes of at least 4 members (excludes halogenated alkanes) is 5. The van der Waals surface area contributed by atoms with Gasteiger partial charge in [0.05, 0.1) is 6.42 Å². The van der Waals surface area contributed by atoms with Crippen molar-refractivity contribution in [1.82, 2.24) is 10.6 Å². The molecule has 184 valence electrons. The van der Waals surface area contributed by atoms with Gasteiger partial charge in [-0.15, -0.1) is 10.2 Å². The third-order valence-electron chi connectivity index (χ3n) is 5.11. The summed E-state index contributed by atoms with van der Waals surface area (Å²) in [6.07, 6.45) is 7.96. The first kappa shape index (κ1) is 28.1. The molecule has 8 N–H and O–H groups in total. The van der Waals surface area contributed by atoms with E-state index >= 15 is 0 Å². The molecule has 0 aromatic heterocycles. The Hall–Kier alpha value is -2.94. The van der Waals surface area contributed by atoms with Crippen LogP contribution in [-0.4, -0.2) is 42.6 Å². The van der Waals surface area contributed by atoms with Crippen molar-refractivity contribution in [2.24, 2.45) is 27.4 Å². The maximum Gasteiger partial charge on any atom is 0.242 e. The number of carbonyl (C=O) groups is 2. The van der Waals surface area contributed by atoms with Gasteiger partial charge in [0, 0.05) is 12.1 Å². The molecule has 9 heteroatoms. The van der Waals surface area contributed by atoms with Gasteiger partial charge in [-0.25, -0.2) is 0 Å². The number of carbonyl (C=O) groups excluding carboxylic acids is 2. The number of amides is 2. The van der Waals surface area contributed by atoms with E-state index < -0.39 is 6.04 Å². The van der Waals surface area contributed by atoms with E-state index in [1.54, 1.807) is 31.2 Å². The lowest BCUT2D eigenvalue weighted by atomic mass is 10.1. The fourth-order valence-electron chi connectivity index (χ4n) is 3.24. The largest absolute Gasteiger partial charge is 0.386 e. The number of rotatable bonds is 16. The van der Waals surface area contributed by atoms with E-state index in [2.05, 4.69) is 27.8 Å². The Morgan fingerprint density at radius 3 is 2.30 bits per heavy atom. The highest BCUT2D eigenvalue weighted by Crippen LogP contribution is 2.07. The van der Waals surface area contributed by atoms with Crippen molar-refractivity contribution >= 4 is 23.5 Å². The van der Waals surface area contributed by atoms with Crippen LogP contribution in [0.5, 0.6) is 0 Å². The molecule has 0 aliphatic rings. The van der Waals surface area contributed by atoms with E-state index in [0.29, 0.717) is 30.9 Å². The molecule has 9 nitrogen and oxygen atoms in total. The summed E-state index contributed by atoms with van der Waals surface area (Å²) in [5.74, 6) is 0.212. The Morgan fingerprint density at radius 1 is 0.970 bits per heavy atom. The number of amidine groups is 2. The van der Waals surface area contributed by atoms with E-state index in [9.17, 15) is 9.59 Å². The molecule has 1 aromatic rings. The second-order valence-electron chi connectivity index (χ2n) is 8.21. The van der Waals surface area contributed by atoms with Crippen molar-refractivity contribution in [3.05, 3.63) is 35.4 Å². The Bertz CT molecular complexity index is 772. The van der Waals surface area contributed by atoms with Crippen LogP contribution < -0.4 is 27.8 Å². The molecule has 0 heterocycles. The fraction of sp³-hybridized carbons (Fsp3) is 0.583. The van der Waals surface area contributed by atoms with Gasteiger partial charge in [-0.3, -0.25) is 9.59 Å². The summed E-state index contributed by atoms with van der Waals surface area (Å²) in [7, 11) is 0. The zero-order valence-electron chi connectivity index (χ0n) is 20.1. The average Bonchev–Trinajstić information content (AvgIpc) is 2.79. The van der Waals surface area contributed by atoms with E-state index in [1.807, 2.05) is 0 Å². The topological polar surface area (TPSA) is 161 Å². The minimum Gasteiger partial charge on any atom is -0.386 e. The molecule has 0 aliphatic heterocycles. The molecular weight excluding hydrogens is 418 g/mol. The first-order valence-corrected chi connectivity index (χ1v) is 11.9. The van der Waals surface area contributed by atoms with Gasteiger partial charge in [0.1, 0.15) is 11.9 Å². The van der Waals surface area contributed by atoms with Crippen LogP contribution in [0.2, 0.25) is 0 Å². The quantitative estimate of drug-likeness (QED) is 0.110. The molecule has 2 amide bonds. The molecule has 0 aliphatic carbocycles. The summed E-state index contributed by atoms with van der Waals surface area (Å²) in [6, 6.07) is 6.59. The molecule has 1 atom stereocenters. The number of hydrogen-bond acceptors (Lipinski definition) is 5. The van der Waals surface area contributed by atoms with Crippen molar-refractivity contribution in [2.45, 2.75) is 77.7 Å². The standard InChI is InChI=1S/C24H41N7O2/c1-3-4-5-6-9-16-28-24(33)21(10-7-8-15-25)29-22(32)17-19-11-13-20(14-12-19)23(27)31-30-18(2)26/h11-14,21H,3-10,15-17,25H2,1-2H3,(H2,26,30)(H2,27,31)(H,28,33)(H,29,32). The SMILES string of the molecule is CCCCCCCNC(=O)C(CCCCN)NC(=O)Cc1ccc(/C(N)=N/N=C(/C)N)cc1. The van der Waals surface area contributed by atoms with Crippen molar-refractivity contribution in [1.29, 1.82) is 0 Å². The van der Waals surface area contributed by atoms with Crippen LogP contribution in [0.3, 0.4) is 0 Å². The van der Waals surface area contributed by atoms with Crippen molar-refractivity contribution in [3.8, 4) is 0 Å². The highest BCUT2D eigenvalue weighted by molar-refractivity contribution is 5.98. The molecule has 0 fully saturated rings. The number of nitrogens with zero attached hydrogens (tertiary/aromatic N) is 2. The summed E-state index contributed by atoms with van der Waals surface area (Å²) in [5.41, 5.74) is 18.4. The van der Waals surface area contributed by atoms with Crippen LogP contribution in [0, 0.1) is 0 Å². The van der Waals surface area contributed by atoms with Gasteiger partial charge in [0.15, 0.2) is 5.84 Å². The second-order valence-corrected chi connectivity index (χ2v) is 8.21. The van der Waals surface area contributed by atoms with Crippen molar-refractivity contribution < 1.29 is 9.59 Å². The van der Waals surface area contributed by atoms with E-state index in [0.717, 1.165) is 31.2 Å². The van der Waals surface area contributed by atoms with Gasteiger partial charge in [-0.2, -0.15) is 0 Å². The van der Waals surface area contributed by atoms with Gasteiger partial charge in [-0.05, 0) is 44.7 Å². The average molecular weight is 460 g/mol. The predicted molar refractivity (Wildman–Crippen MR) is 135 cm³/mol. The summed E-state index contributed by atoms with van der Waals surface area (Å²) in [6.45, 7) is 4.99. The Balaban J connectivity index is 2.62. The lowest BCUT2D eigenvalue weighted by Gasteiger charge is -2.18. The second kappa shape index (κ2) is 16.7. The molecule has 33 heavy (non-hydrogen) atoms. The third-order valence-corrected chi connectivity index (χ3v) is 5.11. The fourth-order valence-corrected chi connectivity index (χ4v) is 3.24. The van der Waals surface area contributed by atoms with Gasteiger partial charge >= 0.3 is 0 Å². The van der Waals surface area contributed by atoms with Gasteiger partial charge in [-0.1, -0.05) is 56.9 Å². The van der Waals surface area contributed by atoms with Crippen molar-refractivity contribution in [2.75, 3.05) is 13.1 Å². The lowest BCUT2D eigenvalue weighted by molar-refractivity contribution is -0.128. The Labute approximate surface area is 197 Å². The summed E-state index contributed by atoms with van der Waals surface area (Å²) in [5, 5.41) is 13.4. The maximum absolute atomic E-state index is 12.6. The van der Waals surface area contributed by atoms with E-state index in [4.69, 9.17) is 17.2 Å². The highest BCUT2D eigenvalue weighted by atomic mass is 16.2. The Kier molecular flexibility index (Phi) is 14.2. The van der Waals surface area contributed by atoms with E-state index in [-0.39, 0.29) is 24.1 Å². The van der Waals surface area contributed by atoms with Gasteiger partial charge in [0.25, 0.3) is 0 Å². The molecule has 0 spiro atoms. The molecule has 0 radical (unpaired) electrons. The zero-order valence-corrected chi connectivity index (χ0v) is 20.1. The van der Waals surface area contributed by atoms with Crippen molar-refractivity contribution in [3.63, 3.8) is 0 Å². The minimum atomic E-state index is -0.556. The summed E-state index contributed by atoms with van der Waals surface area (Å²) >= 11 is 0. The number of benzene rings is 1. The van der Waals surface area contributed by atoms with E-state index in [1.165, 1.54) is 19.3 Å². The minimum absolute atomic E-state index is 0.133. The summed E-state index contributed by atoms with van der Waals surface area (Å²) < 4.78 is 0. The predicted octanol–water partition coefficient (Wildman–Crippen LogP) is 1.93. The molecular formula is C24H41N7O2. The van der Waals surface area contributed by atoms with Crippen LogP contribution >= 0.6 is 0 Å². The third kappa shape index (κ3) is 12.6. The van der Waals surface area contributed by atoms with Gasteiger partial charge < -0.3 is 27.8 Å². The Morgan fingerprint density at radius 2 is 1.67 bits per heavy atom.